The fourth-order valence-corrected chi connectivity index (χ4v) is 4.28. The molecule has 2 aromatic heterocycles. The van der Waals surface area contributed by atoms with Crippen molar-refractivity contribution in [2.75, 3.05) is 11.1 Å². The highest BCUT2D eigenvalue weighted by Gasteiger charge is 2.13. The summed E-state index contributed by atoms with van der Waals surface area (Å²) in [5.41, 5.74) is 11.2. The van der Waals surface area contributed by atoms with Gasteiger partial charge in [0.25, 0.3) is 0 Å². The van der Waals surface area contributed by atoms with Crippen LogP contribution in [0.15, 0.2) is 78.5 Å². The summed E-state index contributed by atoms with van der Waals surface area (Å²) >= 11 is 1.64. The number of nitrogens with zero attached hydrogens (tertiary/aromatic N) is 2. The van der Waals surface area contributed by atoms with E-state index in [2.05, 4.69) is 62.2 Å². The first kappa shape index (κ1) is 21.5. The Bertz CT molecular complexity index is 1350. The van der Waals surface area contributed by atoms with Gasteiger partial charge in [0.05, 0.1) is 16.8 Å². The number of allylic oxidation sites excluding steroid dienone is 1. The lowest BCUT2D eigenvalue weighted by Crippen LogP contribution is -2.24. The Kier molecular flexibility index (Phi) is 6.47. The van der Waals surface area contributed by atoms with E-state index in [1.165, 1.54) is 16.0 Å². The summed E-state index contributed by atoms with van der Waals surface area (Å²) in [6, 6.07) is 18.2. The van der Waals surface area contributed by atoms with Crippen molar-refractivity contribution < 1.29 is 0 Å². The van der Waals surface area contributed by atoms with E-state index < -0.39 is 0 Å². The van der Waals surface area contributed by atoms with Gasteiger partial charge in [-0.3, -0.25) is 0 Å². The molecule has 0 bridgehead atoms. The predicted molar refractivity (Wildman–Crippen MR) is 138 cm³/mol. The van der Waals surface area contributed by atoms with Crippen LogP contribution in [0.1, 0.15) is 19.4 Å². The summed E-state index contributed by atoms with van der Waals surface area (Å²) in [4.78, 5) is 10.7. The van der Waals surface area contributed by atoms with Crippen molar-refractivity contribution in [2.24, 2.45) is 0 Å². The van der Waals surface area contributed by atoms with Gasteiger partial charge in [0.1, 0.15) is 5.69 Å². The zero-order valence-electron chi connectivity index (χ0n) is 18.3. The second-order valence-corrected chi connectivity index (χ2v) is 8.45. The van der Waals surface area contributed by atoms with Crippen LogP contribution in [0.5, 0.6) is 0 Å². The van der Waals surface area contributed by atoms with Gasteiger partial charge in [0.2, 0.25) is 0 Å². The van der Waals surface area contributed by atoms with Gasteiger partial charge in [0.15, 0.2) is 5.82 Å². The van der Waals surface area contributed by atoms with Crippen molar-refractivity contribution >= 4 is 35.0 Å². The number of aromatic nitrogens is 2. The van der Waals surface area contributed by atoms with E-state index in [1.54, 1.807) is 17.5 Å². The Labute approximate surface area is 192 Å². The summed E-state index contributed by atoms with van der Waals surface area (Å²) in [5.74, 6) is 0.706. The van der Waals surface area contributed by atoms with E-state index in [0.717, 1.165) is 33.2 Å². The number of rotatable bonds is 6. The third-order valence-electron chi connectivity index (χ3n) is 5.22. The zero-order valence-corrected chi connectivity index (χ0v) is 19.1. The maximum atomic E-state index is 5.83. The van der Waals surface area contributed by atoms with Gasteiger partial charge in [-0.05, 0) is 53.4 Å². The average Bonchev–Trinajstić information content (AvgIpc) is 3.34. The summed E-state index contributed by atoms with van der Waals surface area (Å²) in [5, 5.41) is 7.91. The van der Waals surface area contributed by atoms with Crippen molar-refractivity contribution in [3.63, 3.8) is 0 Å². The highest BCUT2D eigenvalue weighted by Crippen LogP contribution is 2.31. The fraction of sp³-hybridized carbons (Fsp3) is 0.111. The van der Waals surface area contributed by atoms with Crippen LogP contribution in [0.2, 0.25) is 0 Å². The lowest BCUT2D eigenvalue weighted by Gasteiger charge is -2.13. The molecule has 3 N–H and O–H groups in total. The number of nitrogens with two attached hydrogens (primary N) is 1. The SMILES string of the molecule is C=C(Cc1ccc(=C/C)/c(=C\C)c1)Nc1ncc(-c2ccc(N)cc2)nc1-c1cccs1. The Morgan fingerprint density at radius 1 is 1.06 bits per heavy atom. The molecule has 2 heterocycles. The minimum absolute atomic E-state index is 0.704. The molecule has 0 aliphatic heterocycles. The van der Waals surface area contributed by atoms with Gasteiger partial charge in [-0.25, -0.2) is 9.97 Å². The standard InChI is InChI=1S/C27H26N4S/c1-4-20-9-8-19(16-21(20)5-2)15-18(3)30-27-26(25-7-6-14-32-25)31-24(17-29-27)22-10-12-23(28)13-11-22/h4-14,16-17H,3,15,28H2,1-2H3,(H,29,30)/b20-4-,21-5-. The lowest BCUT2D eigenvalue weighted by molar-refractivity contribution is 1.12. The van der Waals surface area contributed by atoms with Gasteiger partial charge < -0.3 is 11.1 Å². The Hall–Kier alpha value is -3.70. The van der Waals surface area contributed by atoms with E-state index >= 15 is 0 Å². The highest BCUT2D eigenvalue weighted by molar-refractivity contribution is 7.13. The number of benzene rings is 2. The Morgan fingerprint density at radius 3 is 2.53 bits per heavy atom. The van der Waals surface area contributed by atoms with E-state index in [-0.39, 0.29) is 0 Å². The van der Waals surface area contributed by atoms with E-state index in [1.807, 2.05) is 35.7 Å². The van der Waals surface area contributed by atoms with Crippen molar-refractivity contribution in [3.05, 3.63) is 94.5 Å². The smallest absolute Gasteiger partial charge is 0.157 e. The predicted octanol–water partition coefficient (Wildman–Crippen LogP) is 5.22. The van der Waals surface area contributed by atoms with Crippen molar-refractivity contribution in [3.8, 4) is 21.8 Å². The molecular formula is C27H26N4S. The number of hydrogen-bond donors (Lipinski definition) is 2. The molecule has 0 saturated heterocycles. The zero-order chi connectivity index (χ0) is 22.5. The maximum absolute atomic E-state index is 5.83. The van der Waals surface area contributed by atoms with Crippen LogP contribution in [-0.2, 0) is 6.42 Å². The molecule has 0 saturated carbocycles. The molecule has 0 radical (unpaired) electrons. The number of nitrogen functional groups attached to an aromatic ring is 1. The summed E-state index contributed by atoms with van der Waals surface area (Å²) in [7, 11) is 0. The topological polar surface area (TPSA) is 63.8 Å². The van der Waals surface area contributed by atoms with Crippen LogP contribution in [0.25, 0.3) is 34.0 Å². The number of nitrogens with one attached hydrogen (secondary N) is 1. The molecule has 5 heteroatoms. The van der Waals surface area contributed by atoms with Gasteiger partial charge >= 0.3 is 0 Å². The lowest BCUT2D eigenvalue weighted by atomic mass is 10.1. The third kappa shape index (κ3) is 4.79. The molecule has 0 fully saturated rings. The van der Waals surface area contributed by atoms with E-state index in [9.17, 15) is 0 Å². The van der Waals surface area contributed by atoms with Crippen LogP contribution in [0.3, 0.4) is 0 Å². The first-order valence-corrected chi connectivity index (χ1v) is 11.4. The molecule has 160 valence electrons. The second kappa shape index (κ2) is 9.62. The van der Waals surface area contributed by atoms with Crippen LogP contribution in [-0.4, -0.2) is 9.97 Å². The second-order valence-electron chi connectivity index (χ2n) is 7.50. The maximum Gasteiger partial charge on any atom is 0.157 e. The molecule has 0 aliphatic rings. The molecule has 0 amide bonds. The fourth-order valence-electron chi connectivity index (χ4n) is 3.56. The molecule has 0 unspecified atom stereocenters. The molecule has 2 aromatic carbocycles. The highest BCUT2D eigenvalue weighted by atomic mass is 32.1. The quantitative estimate of drug-likeness (QED) is 0.405. The van der Waals surface area contributed by atoms with Gasteiger partial charge in [0, 0.05) is 23.4 Å². The molecule has 0 aliphatic carbocycles. The monoisotopic (exact) mass is 438 g/mol. The number of hydrogen-bond acceptors (Lipinski definition) is 5. The van der Waals surface area contributed by atoms with Crippen molar-refractivity contribution in [1.82, 2.24) is 9.97 Å². The average molecular weight is 439 g/mol. The van der Waals surface area contributed by atoms with Gasteiger partial charge in [-0.1, -0.05) is 55.1 Å². The third-order valence-corrected chi connectivity index (χ3v) is 6.10. The summed E-state index contributed by atoms with van der Waals surface area (Å²) < 4.78 is 0. The summed E-state index contributed by atoms with van der Waals surface area (Å²) in [6.45, 7) is 8.37. The minimum Gasteiger partial charge on any atom is -0.399 e. The van der Waals surface area contributed by atoms with E-state index in [0.29, 0.717) is 12.2 Å². The Morgan fingerprint density at radius 2 is 1.84 bits per heavy atom. The van der Waals surface area contributed by atoms with E-state index in [4.69, 9.17) is 15.7 Å². The van der Waals surface area contributed by atoms with Crippen LogP contribution in [0.4, 0.5) is 11.5 Å². The van der Waals surface area contributed by atoms with Gasteiger partial charge in [-0.2, -0.15) is 0 Å². The molecule has 4 rings (SSSR count). The summed E-state index contributed by atoms with van der Waals surface area (Å²) in [6.07, 6.45) is 6.74. The molecule has 4 nitrogen and oxygen atoms in total. The van der Waals surface area contributed by atoms with Gasteiger partial charge in [-0.15, -0.1) is 11.3 Å². The Balaban J connectivity index is 1.63. The number of thiophene rings is 1. The van der Waals surface area contributed by atoms with Crippen LogP contribution >= 0.6 is 11.3 Å². The first-order valence-electron chi connectivity index (χ1n) is 10.5. The number of anilines is 2. The van der Waals surface area contributed by atoms with Crippen LogP contribution in [0, 0.1) is 0 Å². The van der Waals surface area contributed by atoms with Crippen molar-refractivity contribution in [2.45, 2.75) is 20.3 Å². The van der Waals surface area contributed by atoms with Crippen molar-refractivity contribution in [1.29, 1.82) is 0 Å². The minimum atomic E-state index is 0.704. The molecule has 0 atom stereocenters. The first-order chi connectivity index (χ1) is 15.6. The molecule has 32 heavy (non-hydrogen) atoms. The molecule has 0 spiro atoms. The largest absolute Gasteiger partial charge is 0.399 e. The van der Waals surface area contributed by atoms with Crippen LogP contribution < -0.4 is 21.5 Å². The molecule has 4 aromatic rings. The molecular weight excluding hydrogens is 412 g/mol. The normalized spacial score (nSPS) is 12.2.